The predicted molar refractivity (Wildman–Crippen MR) is 111 cm³/mol. The van der Waals surface area contributed by atoms with E-state index in [2.05, 4.69) is 45.9 Å². The Kier molecular flexibility index (Phi) is 8.50. The van der Waals surface area contributed by atoms with Crippen LogP contribution in [-0.4, -0.2) is 35.5 Å². The van der Waals surface area contributed by atoms with E-state index < -0.39 is 5.97 Å². The molecule has 1 rings (SSSR count). The summed E-state index contributed by atoms with van der Waals surface area (Å²) in [7, 11) is 1.75. The highest BCUT2D eigenvalue weighted by Gasteiger charge is 2.26. The summed E-state index contributed by atoms with van der Waals surface area (Å²) < 4.78 is 1.64. The molecule has 26 heavy (non-hydrogen) atoms. The van der Waals surface area contributed by atoms with E-state index in [-0.39, 0.29) is 12.0 Å². The Balaban J connectivity index is 2.73. The van der Waals surface area contributed by atoms with Gasteiger partial charge in [-0.3, -0.25) is 0 Å². The van der Waals surface area contributed by atoms with Crippen LogP contribution in [0, 0.1) is 5.41 Å². The van der Waals surface area contributed by atoms with Gasteiger partial charge in [0.1, 0.15) is 7.05 Å². The summed E-state index contributed by atoms with van der Waals surface area (Å²) in [6, 6.07) is 0. The minimum atomic E-state index is -0.831. The third-order valence-electron chi connectivity index (χ3n) is 4.75. The van der Waals surface area contributed by atoms with Crippen molar-refractivity contribution in [2.24, 2.45) is 5.41 Å². The minimum Gasteiger partial charge on any atom is -0.477 e. The standard InChI is InChI=1S/C23H33NO2/c1-18(12-13-21-20(3)11-8-15-23(21,4)5)9-7-10-19(2)14-16-24(6)17-22(25)26/h7,9-10,12-14,16H,8,11,15,17H2,1-6H3/p+1/b10-7+,13-12+,18-9+,19-14+,24-16?. The molecule has 0 atom stereocenters. The number of carbonyl (C=O) groups is 1. The van der Waals surface area contributed by atoms with Crippen LogP contribution in [0.2, 0.25) is 0 Å². The zero-order chi connectivity index (χ0) is 19.7. The van der Waals surface area contributed by atoms with Crippen molar-refractivity contribution in [3.8, 4) is 0 Å². The van der Waals surface area contributed by atoms with Gasteiger partial charge in [0, 0.05) is 6.08 Å². The van der Waals surface area contributed by atoms with Crippen LogP contribution in [0.15, 0.2) is 58.7 Å². The van der Waals surface area contributed by atoms with Crippen LogP contribution < -0.4 is 0 Å². The number of carboxylic acids is 1. The molecule has 1 aliphatic carbocycles. The molecule has 0 amide bonds. The van der Waals surface area contributed by atoms with Crippen LogP contribution >= 0.6 is 0 Å². The monoisotopic (exact) mass is 356 g/mol. The van der Waals surface area contributed by atoms with Crippen molar-refractivity contribution in [2.75, 3.05) is 13.6 Å². The van der Waals surface area contributed by atoms with Gasteiger partial charge in [-0.25, -0.2) is 9.37 Å². The highest BCUT2D eigenvalue weighted by atomic mass is 16.4. The second-order valence-electron chi connectivity index (χ2n) is 7.90. The lowest BCUT2D eigenvalue weighted by Gasteiger charge is -2.32. The summed E-state index contributed by atoms with van der Waals surface area (Å²) >= 11 is 0. The number of likely N-dealkylation sites (N-methyl/N-ethyl adjacent to an activating group) is 1. The second-order valence-corrected chi connectivity index (χ2v) is 7.90. The van der Waals surface area contributed by atoms with Crippen LogP contribution in [0.5, 0.6) is 0 Å². The van der Waals surface area contributed by atoms with Crippen LogP contribution in [-0.2, 0) is 4.79 Å². The molecule has 0 aromatic heterocycles. The average Bonchev–Trinajstić information content (AvgIpc) is 2.51. The molecule has 0 unspecified atom stereocenters. The molecular weight excluding hydrogens is 322 g/mol. The van der Waals surface area contributed by atoms with Gasteiger partial charge in [0.05, 0.1) is 0 Å². The molecule has 0 radical (unpaired) electrons. The van der Waals surface area contributed by atoms with E-state index in [0.717, 1.165) is 5.57 Å². The highest BCUT2D eigenvalue weighted by Crippen LogP contribution is 2.40. The van der Waals surface area contributed by atoms with E-state index in [1.54, 1.807) is 17.8 Å². The van der Waals surface area contributed by atoms with Crippen LogP contribution in [0.1, 0.15) is 53.9 Å². The third kappa shape index (κ3) is 7.81. The molecule has 3 heteroatoms. The quantitative estimate of drug-likeness (QED) is 0.381. The van der Waals surface area contributed by atoms with E-state index in [1.807, 2.05) is 25.2 Å². The molecular formula is C23H34NO2+. The molecule has 0 bridgehead atoms. The molecule has 0 aromatic carbocycles. The number of nitrogens with zero attached hydrogens (tertiary/aromatic N) is 1. The molecule has 142 valence electrons. The van der Waals surface area contributed by atoms with Crippen molar-refractivity contribution in [1.82, 2.24) is 0 Å². The number of hydrogen-bond acceptors (Lipinski definition) is 1. The van der Waals surface area contributed by atoms with Crippen molar-refractivity contribution in [1.29, 1.82) is 0 Å². The van der Waals surface area contributed by atoms with Crippen molar-refractivity contribution >= 4 is 12.2 Å². The van der Waals surface area contributed by atoms with Crippen LogP contribution in [0.25, 0.3) is 0 Å². The molecule has 0 fully saturated rings. The fourth-order valence-corrected chi connectivity index (χ4v) is 3.20. The van der Waals surface area contributed by atoms with Crippen LogP contribution in [0.4, 0.5) is 0 Å². The molecule has 0 heterocycles. The summed E-state index contributed by atoms with van der Waals surface area (Å²) in [5.74, 6) is -0.831. The zero-order valence-electron chi connectivity index (χ0n) is 17.2. The first-order chi connectivity index (χ1) is 12.1. The lowest BCUT2D eigenvalue weighted by atomic mass is 9.72. The molecule has 1 N–H and O–H groups in total. The lowest BCUT2D eigenvalue weighted by molar-refractivity contribution is -0.481. The maximum atomic E-state index is 10.6. The molecule has 0 spiro atoms. The fourth-order valence-electron chi connectivity index (χ4n) is 3.20. The topological polar surface area (TPSA) is 40.3 Å². The van der Waals surface area contributed by atoms with Gasteiger partial charge in [-0.1, -0.05) is 55.4 Å². The first-order valence-corrected chi connectivity index (χ1v) is 9.29. The van der Waals surface area contributed by atoms with E-state index >= 15 is 0 Å². The largest absolute Gasteiger partial charge is 0.477 e. The number of hydrogen-bond donors (Lipinski definition) is 1. The molecule has 0 saturated heterocycles. The Hall–Kier alpha value is -2.16. The van der Waals surface area contributed by atoms with Gasteiger partial charge in [-0.05, 0) is 56.6 Å². The Labute approximate surface area is 158 Å². The summed E-state index contributed by atoms with van der Waals surface area (Å²) in [6.45, 7) is 11.0. The summed E-state index contributed by atoms with van der Waals surface area (Å²) in [4.78, 5) is 10.6. The summed E-state index contributed by atoms with van der Waals surface area (Å²) in [5, 5.41) is 8.73. The van der Waals surface area contributed by atoms with Gasteiger partial charge < -0.3 is 5.11 Å². The van der Waals surface area contributed by atoms with E-state index in [4.69, 9.17) is 5.11 Å². The lowest BCUT2D eigenvalue weighted by Crippen LogP contribution is -2.19. The number of aliphatic carboxylic acids is 1. The van der Waals surface area contributed by atoms with E-state index in [9.17, 15) is 4.79 Å². The summed E-state index contributed by atoms with van der Waals surface area (Å²) in [5.41, 5.74) is 5.55. The number of carboxylic acid groups (broad SMARTS) is 1. The highest BCUT2D eigenvalue weighted by molar-refractivity contribution is 5.71. The van der Waals surface area contributed by atoms with Crippen molar-refractivity contribution < 1.29 is 14.5 Å². The van der Waals surface area contributed by atoms with Crippen LogP contribution in [0.3, 0.4) is 0 Å². The van der Waals surface area contributed by atoms with Gasteiger partial charge in [0.25, 0.3) is 0 Å². The molecule has 1 aliphatic rings. The SMILES string of the molecule is CC1=C(/C=C/C(C)=C/C=C/C(C)=C/C=[N+](C)CC(=O)O)C(C)(C)CCC1. The van der Waals surface area contributed by atoms with Crippen molar-refractivity contribution in [3.63, 3.8) is 0 Å². The summed E-state index contributed by atoms with van der Waals surface area (Å²) in [6.07, 6.45) is 18.1. The van der Waals surface area contributed by atoms with Gasteiger partial charge >= 0.3 is 5.97 Å². The minimum absolute atomic E-state index is 0.00289. The zero-order valence-corrected chi connectivity index (χ0v) is 17.2. The molecule has 3 nitrogen and oxygen atoms in total. The maximum Gasteiger partial charge on any atom is 0.369 e. The maximum absolute atomic E-state index is 10.6. The Morgan fingerprint density at radius 2 is 1.85 bits per heavy atom. The number of rotatable bonds is 7. The second kappa shape index (κ2) is 10.1. The van der Waals surface area contributed by atoms with E-state index in [0.29, 0.717) is 0 Å². The van der Waals surface area contributed by atoms with Crippen molar-refractivity contribution in [2.45, 2.75) is 53.9 Å². The number of allylic oxidation sites excluding steroid dienone is 10. The first-order valence-electron chi connectivity index (χ1n) is 9.29. The Morgan fingerprint density at radius 1 is 1.19 bits per heavy atom. The normalized spacial score (nSPS) is 19.7. The van der Waals surface area contributed by atoms with Crippen molar-refractivity contribution in [3.05, 3.63) is 58.7 Å². The van der Waals surface area contributed by atoms with E-state index in [1.165, 1.54) is 36.0 Å². The Morgan fingerprint density at radius 3 is 2.46 bits per heavy atom. The first kappa shape index (κ1) is 21.9. The average molecular weight is 357 g/mol. The molecule has 0 aliphatic heterocycles. The Bertz CT molecular complexity index is 698. The third-order valence-corrected chi connectivity index (χ3v) is 4.75. The van der Waals surface area contributed by atoms with Gasteiger partial charge in [-0.15, -0.1) is 0 Å². The van der Waals surface area contributed by atoms with Gasteiger partial charge in [0.15, 0.2) is 6.21 Å². The predicted octanol–water partition coefficient (Wildman–Crippen LogP) is 5.32. The van der Waals surface area contributed by atoms with Gasteiger partial charge in [0.2, 0.25) is 6.54 Å². The van der Waals surface area contributed by atoms with Gasteiger partial charge in [-0.2, -0.15) is 0 Å². The smallest absolute Gasteiger partial charge is 0.369 e. The molecule has 0 aromatic rings. The molecule has 0 saturated carbocycles. The fraction of sp³-hybridized carbons (Fsp3) is 0.478.